The largest absolute Gasteiger partial charge is 0.494 e. The van der Waals surface area contributed by atoms with Gasteiger partial charge in [0.2, 0.25) is 5.82 Å². The smallest absolute Gasteiger partial charge is 0.204 e. The van der Waals surface area contributed by atoms with Crippen molar-refractivity contribution in [3.63, 3.8) is 0 Å². The maximum Gasteiger partial charge on any atom is 0.204 e. The Morgan fingerprint density at radius 3 is 2.42 bits per heavy atom. The van der Waals surface area contributed by atoms with Gasteiger partial charge in [0.05, 0.1) is 31.4 Å². The minimum absolute atomic E-state index is 0.106. The van der Waals surface area contributed by atoms with E-state index in [1.165, 1.54) is 27.3 Å². The van der Waals surface area contributed by atoms with Crippen molar-refractivity contribution >= 4 is 15.5 Å². The predicted molar refractivity (Wildman–Crippen MR) is 139 cm³/mol. The normalized spacial score (nSPS) is 13.5. The average molecular weight is 538 g/mol. The molecule has 1 aromatic carbocycles. The van der Waals surface area contributed by atoms with E-state index in [-0.39, 0.29) is 11.6 Å². The molecular weight excluding hydrogens is 510 g/mol. The lowest BCUT2D eigenvalue weighted by Crippen LogP contribution is -2.28. The van der Waals surface area contributed by atoms with Gasteiger partial charge >= 0.3 is 0 Å². The number of benzene rings is 1. The zero-order valence-electron chi connectivity index (χ0n) is 21.3. The lowest BCUT2D eigenvalue weighted by Gasteiger charge is -2.20. The number of aryl methyl sites for hydroxylation is 1. The summed E-state index contributed by atoms with van der Waals surface area (Å²) in [6, 6.07) is 14.1. The number of aliphatic hydroxyl groups is 1. The van der Waals surface area contributed by atoms with Crippen molar-refractivity contribution in [2.75, 3.05) is 14.2 Å². The molecule has 198 valence electrons. The van der Waals surface area contributed by atoms with Gasteiger partial charge in [0.15, 0.2) is 21.4 Å². The Balaban J connectivity index is 1.59. The number of nitrogens with zero attached hydrogens (tertiary/aromatic N) is 5. The molecule has 0 saturated carbocycles. The van der Waals surface area contributed by atoms with Gasteiger partial charge in [0.25, 0.3) is 0 Å². The number of imidazole rings is 1. The summed E-state index contributed by atoms with van der Waals surface area (Å²) >= 11 is 0. The third-order valence-corrected chi connectivity index (χ3v) is 8.46. The van der Waals surface area contributed by atoms with Gasteiger partial charge in [-0.05, 0) is 50.2 Å². The number of hydrogen-bond donors (Lipinski definition) is 1. The van der Waals surface area contributed by atoms with Crippen molar-refractivity contribution in [1.82, 2.24) is 24.1 Å². The van der Waals surface area contributed by atoms with Gasteiger partial charge in [0.1, 0.15) is 40.5 Å². The molecule has 4 heterocycles. The van der Waals surface area contributed by atoms with Crippen LogP contribution in [0, 0.1) is 6.92 Å². The summed E-state index contributed by atoms with van der Waals surface area (Å²) in [6.07, 6.45) is 1.87. The highest BCUT2D eigenvalue weighted by Crippen LogP contribution is 2.37. The summed E-state index contributed by atoms with van der Waals surface area (Å²) in [7, 11) is -0.959. The van der Waals surface area contributed by atoms with Crippen molar-refractivity contribution in [3.05, 3.63) is 78.2 Å². The molecule has 0 aliphatic rings. The van der Waals surface area contributed by atoms with Crippen molar-refractivity contribution in [2.45, 2.75) is 31.0 Å². The van der Waals surface area contributed by atoms with Gasteiger partial charge in [-0.2, -0.15) is 0 Å². The van der Waals surface area contributed by atoms with Crippen molar-refractivity contribution in [2.24, 2.45) is 0 Å². The Labute approximate surface area is 219 Å². The molecular formula is C26H27N5O6S. The molecule has 0 spiro atoms. The number of fused-ring (bicyclic) bond motifs is 1. The van der Waals surface area contributed by atoms with E-state index in [9.17, 15) is 13.5 Å². The summed E-state index contributed by atoms with van der Waals surface area (Å²) < 4.78 is 47.5. The minimum Gasteiger partial charge on any atom is -0.494 e. The van der Waals surface area contributed by atoms with Crippen molar-refractivity contribution in [1.29, 1.82) is 0 Å². The Hall–Kier alpha value is -4.16. The van der Waals surface area contributed by atoms with E-state index >= 15 is 0 Å². The fourth-order valence-corrected chi connectivity index (χ4v) is 5.67. The first-order valence-electron chi connectivity index (χ1n) is 11.8. The second kappa shape index (κ2) is 9.95. The van der Waals surface area contributed by atoms with Crippen LogP contribution in [0.3, 0.4) is 0 Å². The minimum atomic E-state index is -3.97. The first kappa shape index (κ1) is 25.5. The number of pyridine rings is 1. The van der Waals surface area contributed by atoms with E-state index in [0.717, 1.165) is 0 Å². The molecule has 4 aromatic heterocycles. The Morgan fingerprint density at radius 2 is 1.76 bits per heavy atom. The second-order valence-corrected chi connectivity index (χ2v) is 11.1. The molecule has 0 aliphatic heterocycles. The number of aromatic nitrogens is 5. The van der Waals surface area contributed by atoms with Crippen LogP contribution in [-0.2, 0) is 15.6 Å². The molecule has 38 heavy (non-hydrogen) atoms. The fourth-order valence-electron chi connectivity index (χ4n) is 4.33. The van der Waals surface area contributed by atoms with Crippen molar-refractivity contribution < 1.29 is 27.4 Å². The first-order chi connectivity index (χ1) is 18.2. The first-order valence-corrected chi connectivity index (χ1v) is 13.5. The molecule has 0 bridgehead atoms. The van der Waals surface area contributed by atoms with Crippen LogP contribution >= 0.6 is 0 Å². The van der Waals surface area contributed by atoms with E-state index in [2.05, 4.69) is 15.2 Å². The van der Waals surface area contributed by atoms with E-state index < -0.39 is 26.9 Å². The molecule has 0 saturated heterocycles. The maximum atomic E-state index is 13.7. The number of para-hydroxylation sites is 1. The molecule has 5 rings (SSSR count). The summed E-state index contributed by atoms with van der Waals surface area (Å²) in [5.41, 5.74) is 1.40. The third-order valence-electron chi connectivity index (χ3n) is 6.41. The highest BCUT2D eigenvalue weighted by Gasteiger charge is 2.34. The fraction of sp³-hybridized carbons (Fsp3) is 0.269. The quantitative estimate of drug-likeness (QED) is 0.300. The van der Waals surface area contributed by atoms with E-state index in [1.54, 1.807) is 64.6 Å². The number of sulfone groups is 1. The molecule has 0 fully saturated rings. The van der Waals surface area contributed by atoms with Gasteiger partial charge in [0, 0.05) is 6.20 Å². The molecule has 5 aromatic rings. The Morgan fingerprint density at radius 1 is 1.03 bits per heavy atom. The van der Waals surface area contributed by atoms with Crippen LogP contribution < -0.4 is 9.47 Å². The van der Waals surface area contributed by atoms with Crippen LogP contribution in [0.15, 0.2) is 65.3 Å². The Bertz CT molecular complexity index is 1680. The molecule has 11 nitrogen and oxygen atoms in total. The number of hydrogen-bond acceptors (Lipinski definition) is 9. The number of rotatable bonds is 9. The molecule has 0 amide bonds. The predicted octanol–water partition coefficient (Wildman–Crippen LogP) is 3.54. The topological polar surface area (TPSA) is 134 Å². The van der Waals surface area contributed by atoms with Crippen LogP contribution in [0.25, 0.3) is 22.9 Å². The number of methoxy groups -OCH3 is 2. The van der Waals surface area contributed by atoms with Crippen LogP contribution in [-0.4, -0.2) is 57.1 Å². The Kier molecular flexibility index (Phi) is 6.67. The van der Waals surface area contributed by atoms with Crippen molar-refractivity contribution in [3.8, 4) is 28.8 Å². The molecule has 0 aliphatic carbocycles. The average Bonchev–Trinajstić information content (AvgIpc) is 3.65. The van der Waals surface area contributed by atoms with E-state index in [1.807, 2.05) is 6.07 Å². The molecule has 0 unspecified atom stereocenters. The molecule has 12 heteroatoms. The van der Waals surface area contributed by atoms with Crippen LogP contribution in [0.4, 0.5) is 0 Å². The zero-order valence-corrected chi connectivity index (χ0v) is 22.1. The van der Waals surface area contributed by atoms with Gasteiger partial charge in [-0.15, -0.1) is 10.2 Å². The van der Waals surface area contributed by atoms with Crippen LogP contribution in [0.2, 0.25) is 0 Å². The third kappa shape index (κ3) is 4.41. The summed E-state index contributed by atoms with van der Waals surface area (Å²) in [4.78, 5) is 4.26. The lowest BCUT2D eigenvalue weighted by molar-refractivity contribution is 0.170. The SMILES string of the molecule is COc1cccc(OC)c1-n1c(CS(=O)(=O)[C@@H](C)[C@@H](O)c2cnc3ccccn23)nnc1-c1ccc(C)o1. The highest BCUT2D eigenvalue weighted by atomic mass is 32.2. The molecule has 2 atom stereocenters. The van der Waals surface area contributed by atoms with Gasteiger partial charge in [-0.1, -0.05) is 12.1 Å². The highest BCUT2D eigenvalue weighted by molar-refractivity contribution is 7.91. The van der Waals surface area contributed by atoms with E-state index in [0.29, 0.717) is 40.0 Å². The van der Waals surface area contributed by atoms with Gasteiger partial charge in [-0.3, -0.25) is 4.57 Å². The number of ether oxygens (including phenoxy) is 2. The lowest BCUT2D eigenvalue weighted by atomic mass is 10.2. The summed E-state index contributed by atoms with van der Waals surface area (Å²) in [6.45, 7) is 3.26. The van der Waals surface area contributed by atoms with E-state index in [4.69, 9.17) is 13.9 Å². The number of furan rings is 1. The van der Waals surface area contributed by atoms with Gasteiger partial charge < -0.3 is 23.4 Å². The maximum absolute atomic E-state index is 13.7. The standard InChI is InChI=1S/C26H27N5O6S/c1-16-11-12-21(37-16)26-29-28-23(31(26)24-19(35-3)8-7-9-20(24)36-4)15-38(33,34)17(2)25(32)18-14-27-22-10-5-6-13-30(18)22/h5-14,17,25,32H,15H2,1-4H3/t17-,25+/m0/s1. The van der Waals surface area contributed by atoms with Crippen LogP contribution in [0.5, 0.6) is 11.5 Å². The summed E-state index contributed by atoms with van der Waals surface area (Å²) in [5.74, 6) is 1.76. The van der Waals surface area contributed by atoms with Gasteiger partial charge in [-0.25, -0.2) is 13.4 Å². The number of aliphatic hydroxyl groups excluding tert-OH is 1. The zero-order chi connectivity index (χ0) is 27.0. The monoisotopic (exact) mass is 537 g/mol. The molecule has 0 radical (unpaired) electrons. The second-order valence-electron chi connectivity index (χ2n) is 8.77. The van der Waals surface area contributed by atoms with Crippen LogP contribution in [0.1, 0.15) is 30.3 Å². The summed E-state index contributed by atoms with van der Waals surface area (Å²) in [5, 5.41) is 18.4. The molecule has 1 N–H and O–H groups in total.